The molecule has 7 heteroatoms. The van der Waals surface area contributed by atoms with E-state index in [2.05, 4.69) is 15.6 Å². The summed E-state index contributed by atoms with van der Waals surface area (Å²) in [6, 6.07) is -0.451. The molecular weight excluding hydrogens is 242 g/mol. The smallest absolute Gasteiger partial charge is 0.315 e. The van der Waals surface area contributed by atoms with Crippen molar-refractivity contribution in [1.29, 1.82) is 0 Å². The third-order valence-corrected chi connectivity index (χ3v) is 2.98. The molecule has 1 aromatic heterocycles. The first-order valence-electron chi connectivity index (χ1n) is 5.25. The van der Waals surface area contributed by atoms with Gasteiger partial charge in [0.15, 0.2) is 0 Å². The number of carbonyl (C=O) groups is 2. The highest BCUT2D eigenvalue weighted by Gasteiger charge is 2.10. The van der Waals surface area contributed by atoms with Gasteiger partial charge in [-0.25, -0.2) is 9.78 Å². The monoisotopic (exact) mass is 257 g/mol. The molecule has 0 aliphatic carbocycles. The second kappa shape index (κ2) is 6.85. The molecule has 0 saturated carbocycles. The number of aromatic nitrogens is 1. The number of aliphatic carboxylic acids is 1. The lowest BCUT2D eigenvalue weighted by molar-refractivity contribution is -0.137. The molecule has 6 nitrogen and oxygen atoms in total. The van der Waals surface area contributed by atoms with Crippen LogP contribution in [0.25, 0.3) is 0 Å². The number of nitrogens with one attached hydrogen (secondary N) is 2. The molecule has 0 aliphatic heterocycles. The zero-order valence-corrected chi connectivity index (χ0v) is 10.3. The van der Waals surface area contributed by atoms with Gasteiger partial charge in [0.05, 0.1) is 6.04 Å². The summed E-state index contributed by atoms with van der Waals surface area (Å²) in [7, 11) is 0. The Labute approximate surface area is 103 Å². The van der Waals surface area contributed by atoms with Crippen LogP contribution in [-0.4, -0.2) is 28.6 Å². The molecule has 2 amide bonds. The number of thiazole rings is 1. The van der Waals surface area contributed by atoms with Gasteiger partial charge in [-0.1, -0.05) is 0 Å². The van der Waals surface area contributed by atoms with Crippen LogP contribution in [0.4, 0.5) is 4.79 Å². The first kappa shape index (κ1) is 13.4. The molecule has 0 spiro atoms. The van der Waals surface area contributed by atoms with Crippen LogP contribution in [0.3, 0.4) is 0 Å². The van der Waals surface area contributed by atoms with Gasteiger partial charge in [-0.2, -0.15) is 0 Å². The summed E-state index contributed by atoms with van der Waals surface area (Å²) in [6.45, 7) is 2.19. The van der Waals surface area contributed by atoms with Gasteiger partial charge in [0.2, 0.25) is 0 Å². The fourth-order valence-electron chi connectivity index (χ4n) is 1.20. The maximum absolute atomic E-state index is 11.4. The second-order valence-corrected chi connectivity index (χ2v) is 4.42. The zero-order valence-electron chi connectivity index (χ0n) is 9.47. The van der Waals surface area contributed by atoms with Crippen LogP contribution in [0, 0.1) is 0 Å². The topological polar surface area (TPSA) is 91.3 Å². The molecule has 0 bridgehead atoms. The minimum atomic E-state index is -0.858. The van der Waals surface area contributed by atoms with Crippen molar-refractivity contribution in [2.75, 3.05) is 6.54 Å². The Morgan fingerprint density at radius 1 is 1.59 bits per heavy atom. The van der Waals surface area contributed by atoms with Gasteiger partial charge in [0.25, 0.3) is 0 Å². The molecule has 1 heterocycles. The second-order valence-electron chi connectivity index (χ2n) is 3.49. The van der Waals surface area contributed by atoms with Gasteiger partial charge in [0, 0.05) is 24.5 Å². The maximum Gasteiger partial charge on any atom is 0.315 e. The third kappa shape index (κ3) is 5.30. The van der Waals surface area contributed by atoms with Crippen molar-refractivity contribution in [3.8, 4) is 0 Å². The van der Waals surface area contributed by atoms with Crippen molar-refractivity contribution < 1.29 is 14.7 Å². The van der Waals surface area contributed by atoms with E-state index >= 15 is 0 Å². The standard InChI is InChI=1S/C10H15N3O3S/c1-7(9-11-5-6-17-9)13-10(16)12-4-2-3-8(14)15/h5-7H,2-4H2,1H3,(H,14,15)(H2,12,13,16). The molecule has 1 atom stereocenters. The van der Waals surface area contributed by atoms with E-state index in [0.717, 1.165) is 5.01 Å². The summed E-state index contributed by atoms with van der Waals surface area (Å²) in [5.41, 5.74) is 0. The van der Waals surface area contributed by atoms with Gasteiger partial charge in [-0.15, -0.1) is 11.3 Å². The molecule has 0 aliphatic rings. The lowest BCUT2D eigenvalue weighted by Gasteiger charge is -2.11. The molecule has 0 saturated heterocycles. The van der Waals surface area contributed by atoms with Crippen LogP contribution in [0.15, 0.2) is 11.6 Å². The lowest BCUT2D eigenvalue weighted by Crippen LogP contribution is -2.37. The number of amides is 2. The number of carboxylic acids is 1. The minimum absolute atomic E-state index is 0.0579. The zero-order chi connectivity index (χ0) is 12.7. The van der Waals surface area contributed by atoms with Gasteiger partial charge in [-0.05, 0) is 13.3 Å². The fraction of sp³-hybridized carbons (Fsp3) is 0.500. The number of carboxylic acid groups (broad SMARTS) is 1. The van der Waals surface area contributed by atoms with Crippen LogP contribution >= 0.6 is 11.3 Å². The van der Waals surface area contributed by atoms with Gasteiger partial charge >= 0.3 is 12.0 Å². The van der Waals surface area contributed by atoms with Gasteiger partial charge < -0.3 is 15.7 Å². The number of nitrogens with zero attached hydrogens (tertiary/aromatic N) is 1. The Hall–Kier alpha value is -1.63. The Morgan fingerprint density at radius 2 is 2.35 bits per heavy atom. The number of urea groups is 1. The van der Waals surface area contributed by atoms with E-state index in [0.29, 0.717) is 13.0 Å². The number of rotatable bonds is 6. The van der Waals surface area contributed by atoms with Gasteiger partial charge in [-0.3, -0.25) is 4.79 Å². The average molecular weight is 257 g/mol. The molecule has 0 fully saturated rings. The van der Waals surface area contributed by atoms with Crippen molar-refractivity contribution in [2.45, 2.75) is 25.8 Å². The summed E-state index contributed by atoms with van der Waals surface area (Å²) in [6.07, 6.45) is 2.17. The highest BCUT2D eigenvalue weighted by molar-refractivity contribution is 7.09. The Morgan fingerprint density at radius 3 is 2.94 bits per heavy atom. The fourth-order valence-corrected chi connectivity index (χ4v) is 1.85. The highest BCUT2D eigenvalue weighted by atomic mass is 32.1. The lowest BCUT2D eigenvalue weighted by atomic mass is 10.3. The molecule has 17 heavy (non-hydrogen) atoms. The summed E-state index contributed by atoms with van der Waals surface area (Å²) in [5.74, 6) is -0.858. The van der Waals surface area contributed by atoms with Crippen LogP contribution < -0.4 is 10.6 Å². The third-order valence-electron chi connectivity index (χ3n) is 2.02. The molecule has 0 radical (unpaired) electrons. The van der Waals surface area contributed by atoms with E-state index in [1.165, 1.54) is 11.3 Å². The molecule has 1 aromatic rings. The van der Waals surface area contributed by atoms with E-state index in [9.17, 15) is 9.59 Å². The van der Waals surface area contributed by atoms with Crippen LogP contribution in [-0.2, 0) is 4.79 Å². The number of hydrogen-bond acceptors (Lipinski definition) is 4. The van der Waals surface area contributed by atoms with Crippen molar-refractivity contribution in [1.82, 2.24) is 15.6 Å². The average Bonchev–Trinajstić information content (AvgIpc) is 2.77. The Bertz CT molecular complexity index is 367. The number of hydrogen-bond donors (Lipinski definition) is 3. The normalized spacial score (nSPS) is 11.8. The summed E-state index contributed by atoms with van der Waals surface area (Å²) >= 11 is 1.47. The SMILES string of the molecule is CC(NC(=O)NCCCC(=O)O)c1nccs1. The highest BCUT2D eigenvalue weighted by Crippen LogP contribution is 2.13. The van der Waals surface area contributed by atoms with E-state index in [-0.39, 0.29) is 18.5 Å². The minimum Gasteiger partial charge on any atom is -0.481 e. The van der Waals surface area contributed by atoms with Crippen LogP contribution in [0.5, 0.6) is 0 Å². The van der Waals surface area contributed by atoms with Crippen molar-refractivity contribution in [3.05, 3.63) is 16.6 Å². The van der Waals surface area contributed by atoms with E-state index in [1.54, 1.807) is 6.20 Å². The van der Waals surface area contributed by atoms with Crippen molar-refractivity contribution in [2.24, 2.45) is 0 Å². The van der Waals surface area contributed by atoms with Crippen molar-refractivity contribution >= 4 is 23.3 Å². The van der Waals surface area contributed by atoms with E-state index < -0.39 is 5.97 Å². The predicted molar refractivity (Wildman–Crippen MR) is 63.9 cm³/mol. The van der Waals surface area contributed by atoms with Crippen LogP contribution in [0.1, 0.15) is 30.8 Å². The molecule has 94 valence electrons. The first-order chi connectivity index (χ1) is 8.09. The Balaban J connectivity index is 2.19. The van der Waals surface area contributed by atoms with Crippen molar-refractivity contribution in [3.63, 3.8) is 0 Å². The molecular formula is C10H15N3O3S. The largest absolute Gasteiger partial charge is 0.481 e. The molecule has 0 aromatic carbocycles. The van der Waals surface area contributed by atoms with Crippen LogP contribution in [0.2, 0.25) is 0 Å². The summed E-state index contributed by atoms with van der Waals surface area (Å²) in [4.78, 5) is 25.7. The first-order valence-corrected chi connectivity index (χ1v) is 6.13. The number of carbonyl (C=O) groups excluding carboxylic acids is 1. The van der Waals surface area contributed by atoms with E-state index in [4.69, 9.17) is 5.11 Å². The molecule has 3 N–H and O–H groups in total. The summed E-state index contributed by atoms with van der Waals surface area (Å²) in [5, 5.41) is 16.4. The quantitative estimate of drug-likeness (QED) is 0.671. The predicted octanol–water partition coefficient (Wildman–Crippen LogP) is 1.37. The molecule has 1 rings (SSSR count). The summed E-state index contributed by atoms with van der Waals surface area (Å²) < 4.78 is 0. The van der Waals surface area contributed by atoms with Gasteiger partial charge in [0.1, 0.15) is 5.01 Å². The molecule has 1 unspecified atom stereocenters. The van der Waals surface area contributed by atoms with E-state index in [1.807, 2.05) is 12.3 Å². The Kier molecular flexibility index (Phi) is 5.41. The maximum atomic E-state index is 11.4.